The van der Waals surface area contributed by atoms with E-state index >= 15 is 0 Å². The van der Waals surface area contributed by atoms with Gasteiger partial charge in [0.25, 0.3) is 0 Å². The van der Waals surface area contributed by atoms with Crippen molar-refractivity contribution in [1.82, 2.24) is 14.8 Å². The predicted molar refractivity (Wildman–Crippen MR) is 82.6 cm³/mol. The number of ether oxygens (including phenoxy) is 1. The van der Waals surface area contributed by atoms with Gasteiger partial charge in [0, 0.05) is 27.2 Å². The number of aromatic nitrogens is 3. The average Bonchev–Trinajstić information content (AvgIpc) is 3.00. The molecule has 1 aliphatic rings. The molecule has 0 spiro atoms. The van der Waals surface area contributed by atoms with Gasteiger partial charge in [0.15, 0.2) is 10.8 Å². The van der Waals surface area contributed by atoms with Crippen molar-refractivity contribution >= 4 is 26.8 Å². The monoisotopic (exact) mass is 294 g/mol. The van der Waals surface area contributed by atoms with E-state index in [1.165, 1.54) is 24.0 Å². The normalized spacial score (nSPS) is 19.6. The van der Waals surface area contributed by atoms with E-state index in [4.69, 9.17) is 9.72 Å². The Labute approximate surface area is 123 Å². The zero-order valence-electron chi connectivity index (χ0n) is 12.4. The van der Waals surface area contributed by atoms with E-state index < -0.39 is 0 Å². The predicted octanol–water partition coefficient (Wildman–Crippen LogP) is 2.73. The van der Waals surface area contributed by atoms with Crippen LogP contribution in [-0.2, 0) is 11.8 Å². The number of rotatable bonds is 4. The number of fused-ring (bicyclic) bond motifs is 1. The van der Waals surface area contributed by atoms with Crippen LogP contribution in [0.1, 0.15) is 31.4 Å². The molecule has 0 aliphatic carbocycles. The molecule has 5 nitrogen and oxygen atoms in total. The Morgan fingerprint density at radius 3 is 3.00 bits per heavy atom. The molecule has 0 radical (unpaired) electrons. The fourth-order valence-corrected chi connectivity index (χ4v) is 3.72. The van der Waals surface area contributed by atoms with Crippen LogP contribution in [0.5, 0.6) is 0 Å². The number of anilines is 1. The second-order valence-electron chi connectivity index (χ2n) is 5.56. The minimum Gasteiger partial charge on any atom is -0.378 e. The molecule has 1 fully saturated rings. The summed E-state index contributed by atoms with van der Waals surface area (Å²) in [4.78, 5) is 6.94. The maximum Gasteiger partial charge on any atom is 0.187 e. The van der Waals surface area contributed by atoms with Crippen LogP contribution in [0.25, 0.3) is 10.3 Å². The first-order chi connectivity index (χ1) is 9.65. The SMILES string of the molecule is Cc1nn(C)c2nc(N(C)CC[C@@H]3CCCCO3)sc12. The molecule has 0 unspecified atom stereocenters. The Morgan fingerprint density at radius 2 is 2.30 bits per heavy atom. The van der Waals surface area contributed by atoms with Crippen LogP contribution in [0.15, 0.2) is 0 Å². The number of thiazole rings is 1. The molecule has 1 atom stereocenters. The molecule has 2 aromatic heterocycles. The molecular weight excluding hydrogens is 272 g/mol. The van der Waals surface area contributed by atoms with E-state index in [-0.39, 0.29) is 0 Å². The fraction of sp³-hybridized carbons (Fsp3) is 0.714. The smallest absolute Gasteiger partial charge is 0.187 e. The Kier molecular flexibility index (Phi) is 3.94. The minimum atomic E-state index is 0.434. The quantitative estimate of drug-likeness (QED) is 0.869. The molecule has 110 valence electrons. The van der Waals surface area contributed by atoms with E-state index in [0.29, 0.717) is 6.10 Å². The summed E-state index contributed by atoms with van der Waals surface area (Å²) in [5.74, 6) is 0. The van der Waals surface area contributed by atoms with Gasteiger partial charge in [-0.05, 0) is 32.6 Å². The zero-order chi connectivity index (χ0) is 14.1. The molecular formula is C14H22N4OS. The van der Waals surface area contributed by atoms with Gasteiger partial charge in [0.05, 0.1) is 16.5 Å². The van der Waals surface area contributed by atoms with Crippen molar-refractivity contribution in [2.24, 2.45) is 7.05 Å². The topological polar surface area (TPSA) is 43.2 Å². The summed E-state index contributed by atoms with van der Waals surface area (Å²) in [6, 6.07) is 0. The zero-order valence-corrected chi connectivity index (χ0v) is 13.2. The van der Waals surface area contributed by atoms with Crippen LogP contribution in [-0.4, -0.2) is 41.1 Å². The van der Waals surface area contributed by atoms with Crippen molar-refractivity contribution in [1.29, 1.82) is 0 Å². The Bertz CT molecular complexity index is 551. The highest BCUT2D eigenvalue weighted by Crippen LogP contribution is 2.30. The lowest BCUT2D eigenvalue weighted by atomic mass is 10.1. The van der Waals surface area contributed by atoms with Crippen molar-refractivity contribution in [3.63, 3.8) is 0 Å². The lowest BCUT2D eigenvalue weighted by Gasteiger charge is -2.25. The molecule has 0 bridgehead atoms. The maximum atomic E-state index is 5.79. The third-order valence-electron chi connectivity index (χ3n) is 3.92. The van der Waals surface area contributed by atoms with Gasteiger partial charge < -0.3 is 9.64 Å². The molecule has 1 aliphatic heterocycles. The first-order valence-corrected chi connectivity index (χ1v) is 8.09. The minimum absolute atomic E-state index is 0.434. The number of nitrogens with zero attached hydrogens (tertiary/aromatic N) is 4. The summed E-state index contributed by atoms with van der Waals surface area (Å²) in [5.41, 5.74) is 2.05. The molecule has 2 aromatic rings. The third-order valence-corrected chi connectivity index (χ3v) is 5.19. The Balaban J connectivity index is 1.65. The van der Waals surface area contributed by atoms with Gasteiger partial charge in [-0.1, -0.05) is 11.3 Å². The standard InChI is InChI=1S/C14H22N4OS/c1-10-12-13(18(3)16-10)15-14(20-12)17(2)8-7-11-6-4-5-9-19-11/h11H,4-9H2,1-3H3/t11-/m0/s1. The second kappa shape index (κ2) is 5.69. The van der Waals surface area contributed by atoms with Crippen molar-refractivity contribution in [3.8, 4) is 0 Å². The van der Waals surface area contributed by atoms with Gasteiger partial charge >= 0.3 is 0 Å². The van der Waals surface area contributed by atoms with Gasteiger partial charge in [-0.25, -0.2) is 9.67 Å². The average molecular weight is 294 g/mol. The van der Waals surface area contributed by atoms with Crippen LogP contribution in [0.4, 0.5) is 5.13 Å². The van der Waals surface area contributed by atoms with E-state index in [1.807, 2.05) is 18.7 Å². The highest BCUT2D eigenvalue weighted by atomic mass is 32.1. The summed E-state index contributed by atoms with van der Waals surface area (Å²) < 4.78 is 8.85. The fourth-order valence-electron chi connectivity index (χ4n) is 2.71. The maximum absolute atomic E-state index is 5.79. The third kappa shape index (κ3) is 2.67. The van der Waals surface area contributed by atoms with Gasteiger partial charge in [-0.2, -0.15) is 5.10 Å². The van der Waals surface area contributed by atoms with Crippen LogP contribution >= 0.6 is 11.3 Å². The molecule has 0 saturated carbocycles. The van der Waals surface area contributed by atoms with Gasteiger partial charge in [0.1, 0.15) is 0 Å². The van der Waals surface area contributed by atoms with E-state index in [2.05, 4.69) is 17.0 Å². The van der Waals surface area contributed by atoms with Gasteiger partial charge in [-0.3, -0.25) is 0 Å². The number of hydrogen-bond acceptors (Lipinski definition) is 5. The molecule has 20 heavy (non-hydrogen) atoms. The molecule has 0 aromatic carbocycles. The first-order valence-electron chi connectivity index (χ1n) is 7.28. The van der Waals surface area contributed by atoms with Crippen molar-refractivity contribution in [2.75, 3.05) is 25.1 Å². The van der Waals surface area contributed by atoms with Crippen LogP contribution in [0, 0.1) is 6.92 Å². The second-order valence-corrected chi connectivity index (χ2v) is 6.53. The van der Waals surface area contributed by atoms with Crippen molar-refractivity contribution in [3.05, 3.63) is 5.69 Å². The molecule has 3 rings (SSSR count). The highest BCUT2D eigenvalue weighted by molar-refractivity contribution is 7.22. The summed E-state index contributed by atoms with van der Waals surface area (Å²) in [6.45, 7) is 3.97. The molecule has 0 N–H and O–H groups in total. The summed E-state index contributed by atoms with van der Waals surface area (Å²) in [7, 11) is 4.07. The number of aryl methyl sites for hydroxylation is 2. The van der Waals surface area contributed by atoms with Crippen LogP contribution in [0.3, 0.4) is 0 Å². The number of hydrogen-bond donors (Lipinski definition) is 0. The Hall–Kier alpha value is -1.14. The van der Waals surface area contributed by atoms with Crippen molar-refractivity contribution in [2.45, 2.75) is 38.7 Å². The molecule has 1 saturated heterocycles. The summed E-state index contributed by atoms with van der Waals surface area (Å²) in [5, 5.41) is 5.47. The molecule has 0 amide bonds. The van der Waals surface area contributed by atoms with E-state index in [9.17, 15) is 0 Å². The first kappa shape index (κ1) is 13.8. The van der Waals surface area contributed by atoms with Gasteiger partial charge in [0.2, 0.25) is 0 Å². The van der Waals surface area contributed by atoms with Crippen LogP contribution < -0.4 is 4.90 Å². The summed E-state index contributed by atoms with van der Waals surface area (Å²) >= 11 is 1.73. The molecule has 6 heteroatoms. The summed E-state index contributed by atoms with van der Waals surface area (Å²) in [6.07, 6.45) is 5.25. The molecule has 3 heterocycles. The van der Waals surface area contributed by atoms with Crippen molar-refractivity contribution < 1.29 is 4.74 Å². The Morgan fingerprint density at radius 1 is 1.45 bits per heavy atom. The van der Waals surface area contributed by atoms with E-state index in [0.717, 1.165) is 36.0 Å². The lowest BCUT2D eigenvalue weighted by Crippen LogP contribution is -2.26. The lowest BCUT2D eigenvalue weighted by molar-refractivity contribution is 0.0127. The van der Waals surface area contributed by atoms with Gasteiger partial charge in [-0.15, -0.1) is 0 Å². The van der Waals surface area contributed by atoms with Crippen LogP contribution in [0.2, 0.25) is 0 Å². The highest BCUT2D eigenvalue weighted by Gasteiger charge is 2.17. The van der Waals surface area contributed by atoms with E-state index in [1.54, 1.807) is 11.3 Å². The largest absolute Gasteiger partial charge is 0.378 e.